The molecule has 100 valence electrons. The average Bonchev–Trinajstić information content (AvgIpc) is 2.96. The van der Waals surface area contributed by atoms with E-state index in [0.717, 1.165) is 30.0 Å². The number of carbonyl (C=O) groups is 1. The van der Waals surface area contributed by atoms with Crippen LogP contribution in [0.1, 0.15) is 34.5 Å². The number of carbonyl (C=O) groups excluding carboxylic acids is 1. The minimum Gasteiger partial charge on any atom is -0.346 e. The van der Waals surface area contributed by atoms with Gasteiger partial charge in [-0.05, 0) is 31.2 Å². The number of amides is 1. The van der Waals surface area contributed by atoms with E-state index in [0.29, 0.717) is 0 Å². The van der Waals surface area contributed by atoms with Crippen molar-refractivity contribution in [1.82, 2.24) is 10.3 Å². The Morgan fingerprint density at radius 2 is 2.37 bits per heavy atom. The predicted molar refractivity (Wildman–Crippen MR) is 78.5 cm³/mol. The van der Waals surface area contributed by atoms with E-state index in [9.17, 15) is 4.79 Å². The molecule has 19 heavy (non-hydrogen) atoms. The van der Waals surface area contributed by atoms with Crippen LogP contribution < -0.4 is 5.32 Å². The summed E-state index contributed by atoms with van der Waals surface area (Å²) < 4.78 is 0. The van der Waals surface area contributed by atoms with Crippen LogP contribution in [0.3, 0.4) is 0 Å². The van der Waals surface area contributed by atoms with Crippen LogP contribution in [-0.2, 0) is 11.2 Å². The monoisotopic (exact) mass is 292 g/mol. The number of nitrogens with zero attached hydrogens (tertiary/aromatic N) is 1. The fourth-order valence-electron chi connectivity index (χ4n) is 2.00. The van der Waals surface area contributed by atoms with Gasteiger partial charge in [-0.1, -0.05) is 6.07 Å². The van der Waals surface area contributed by atoms with E-state index in [-0.39, 0.29) is 17.9 Å². The Labute approximate surface area is 120 Å². The van der Waals surface area contributed by atoms with E-state index in [1.165, 1.54) is 4.88 Å². The van der Waals surface area contributed by atoms with Gasteiger partial charge in [0.2, 0.25) is 5.91 Å². The van der Waals surface area contributed by atoms with Crippen LogP contribution in [0.15, 0.2) is 22.9 Å². The highest BCUT2D eigenvalue weighted by atomic mass is 32.1. The SMILES string of the molecule is Cc1csc([C@H](Cc2cccs2)NC(=O)C2CC2)n1. The summed E-state index contributed by atoms with van der Waals surface area (Å²) >= 11 is 3.36. The topological polar surface area (TPSA) is 42.0 Å². The van der Waals surface area contributed by atoms with Gasteiger partial charge < -0.3 is 5.32 Å². The molecule has 1 aliphatic carbocycles. The molecule has 3 nitrogen and oxygen atoms in total. The fourth-order valence-corrected chi connectivity index (χ4v) is 3.60. The second kappa shape index (κ2) is 5.43. The number of hydrogen-bond donors (Lipinski definition) is 1. The van der Waals surface area contributed by atoms with Crippen molar-refractivity contribution in [2.24, 2.45) is 5.92 Å². The molecule has 0 spiro atoms. The second-order valence-electron chi connectivity index (χ2n) is 4.95. The molecular weight excluding hydrogens is 276 g/mol. The molecule has 2 aromatic heterocycles. The maximum absolute atomic E-state index is 12.0. The number of rotatable bonds is 5. The summed E-state index contributed by atoms with van der Waals surface area (Å²) in [6.07, 6.45) is 2.91. The standard InChI is InChI=1S/C14H16N2OS2/c1-9-8-19-14(15-9)12(7-11-3-2-6-18-11)16-13(17)10-4-5-10/h2-3,6,8,10,12H,4-5,7H2,1H3,(H,16,17)/t12-/m0/s1. The van der Waals surface area contributed by atoms with Gasteiger partial charge in [-0.25, -0.2) is 4.98 Å². The normalized spacial score (nSPS) is 16.3. The molecule has 0 aromatic carbocycles. The highest BCUT2D eigenvalue weighted by Gasteiger charge is 2.31. The van der Waals surface area contributed by atoms with E-state index < -0.39 is 0 Å². The third-order valence-electron chi connectivity index (χ3n) is 3.18. The van der Waals surface area contributed by atoms with E-state index in [4.69, 9.17) is 0 Å². The molecule has 1 aliphatic rings. The summed E-state index contributed by atoms with van der Waals surface area (Å²) in [5.74, 6) is 0.432. The van der Waals surface area contributed by atoms with Crippen LogP contribution in [0.25, 0.3) is 0 Å². The Kier molecular flexibility index (Phi) is 3.66. The average molecular weight is 292 g/mol. The second-order valence-corrected chi connectivity index (χ2v) is 6.87. The Morgan fingerprint density at radius 3 is 2.95 bits per heavy atom. The van der Waals surface area contributed by atoms with Gasteiger partial charge in [0, 0.05) is 28.3 Å². The van der Waals surface area contributed by atoms with Crippen molar-refractivity contribution in [3.63, 3.8) is 0 Å². The Hall–Kier alpha value is -1.20. The van der Waals surface area contributed by atoms with Crippen molar-refractivity contribution in [3.05, 3.63) is 38.5 Å². The van der Waals surface area contributed by atoms with Crippen molar-refractivity contribution in [2.45, 2.75) is 32.2 Å². The maximum Gasteiger partial charge on any atom is 0.223 e. The number of nitrogens with one attached hydrogen (secondary N) is 1. The molecule has 0 radical (unpaired) electrons. The lowest BCUT2D eigenvalue weighted by atomic mass is 10.2. The minimum atomic E-state index is 0.0189. The van der Waals surface area contributed by atoms with Gasteiger partial charge in [-0.15, -0.1) is 22.7 Å². The summed E-state index contributed by atoms with van der Waals surface area (Å²) in [6, 6.07) is 4.18. The molecular formula is C14H16N2OS2. The van der Waals surface area contributed by atoms with Crippen molar-refractivity contribution in [1.29, 1.82) is 0 Å². The highest BCUT2D eigenvalue weighted by Crippen LogP contribution is 2.31. The summed E-state index contributed by atoms with van der Waals surface area (Å²) in [5.41, 5.74) is 1.02. The van der Waals surface area contributed by atoms with Crippen LogP contribution in [0.5, 0.6) is 0 Å². The van der Waals surface area contributed by atoms with Gasteiger partial charge in [-0.3, -0.25) is 4.79 Å². The fraction of sp³-hybridized carbons (Fsp3) is 0.429. The first-order valence-electron chi connectivity index (χ1n) is 6.47. The van der Waals surface area contributed by atoms with Crippen molar-refractivity contribution in [3.8, 4) is 0 Å². The lowest BCUT2D eigenvalue weighted by Gasteiger charge is -2.15. The lowest BCUT2D eigenvalue weighted by Crippen LogP contribution is -2.30. The first-order chi connectivity index (χ1) is 9.22. The van der Waals surface area contributed by atoms with Gasteiger partial charge in [-0.2, -0.15) is 0 Å². The Bertz CT molecular complexity index is 558. The minimum absolute atomic E-state index is 0.0189. The van der Waals surface area contributed by atoms with E-state index >= 15 is 0 Å². The van der Waals surface area contributed by atoms with Crippen molar-refractivity contribution < 1.29 is 4.79 Å². The van der Waals surface area contributed by atoms with Gasteiger partial charge in [0.25, 0.3) is 0 Å². The van der Waals surface area contributed by atoms with Crippen molar-refractivity contribution >= 4 is 28.6 Å². The summed E-state index contributed by atoms with van der Waals surface area (Å²) in [4.78, 5) is 17.8. The Morgan fingerprint density at radius 1 is 1.53 bits per heavy atom. The van der Waals surface area contributed by atoms with E-state index in [1.807, 2.05) is 18.4 Å². The largest absolute Gasteiger partial charge is 0.346 e. The van der Waals surface area contributed by atoms with E-state index in [1.54, 1.807) is 22.7 Å². The quantitative estimate of drug-likeness (QED) is 0.918. The summed E-state index contributed by atoms with van der Waals surface area (Å²) in [6.45, 7) is 1.99. The molecule has 1 saturated carbocycles. The van der Waals surface area contributed by atoms with E-state index in [2.05, 4.69) is 21.7 Å². The zero-order chi connectivity index (χ0) is 13.2. The number of thiazole rings is 1. The molecule has 5 heteroatoms. The molecule has 2 heterocycles. The number of hydrogen-bond acceptors (Lipinski definition) is 4. The number of aromatic nitrogens is 1. The molecule has 0 aliphatic heterocycles. The third kappa shape index (κ3) is 3.22. The smallest absolute Gasteiger partial charge is 0.223 e. The zero-order valence-corrected chi connectivity index (χ0v) is 12.4. The van der Waals surface area contributed by atoms with Gasteiger partial charge in [0.15, 0.2) is 0 Å². The predicted octanol–water partition coefficient (Wildman–Crippen LogP) is 3.32. The highest BCUT2D eigenvalue weighted by molar-refractivity contribution is 7.10. The molecule has 1 fully saturated rings. The lowest BCUT2D eigenvalue weighted by molar-refractivity contribution is -0.123. The maximum atomic E-state index is 12.0. The molecule has 3 rings (SSSR count). The van der Waals surface area contributed by atoms with Crippen LogP contribution in [-0.4, -0.2) is 10.9 Å². The third-order valence-corrected chi connectivity index (χ3v) is 5.16. The molecule has 0 unspecified atom stereocenters. The molecule has 1 amide bonds. The first-order valence-corrected chi connectivity index (χ1v) is 8.23. The summed E-state index contributed by atoms with van der Waals surface area (Å²) in [7, 11) is 0. The molecule has 0 saturated heterocycles. The van der Waals surface area contributed by atoms with Gasteiger partial charge >= 0.3 is 0 Å². The number of thiophene rings is 1. The molecule has 1 N–H and O–H groups in total. The summed E-state index contributed by atoms with van der Waals surface area (Å²) in [5, 5.41) is 8.29. The van der Waals surface area contributed by atoms with Crippen molar-refractivity contribution in [2.75, 3.05) is 0 Å². The van der Waals surface area contributed by atoms with Crippen LogP contribution in [0.4, 0.5) is 0 Å². The van der Waals surface area contributed by atoms with Gasteiger partial charge in [0.05, 0.1) is 6.04 Å². The molecule has 0 bridgehead atoms. The zero-order valence-electron chi connectivity index (χ0n) is 10.8. The van der Waals surface area contributed by atoms with Crippen LogP contribution >= 0.6 is 22.7 Å². The van der Waals surface area contributed by atoms with Gasteiger partial charge in [0.1, 0.15) is 5.01 Å². The number of aryl methyl sites for hydroxylation is 1. The Balaban J connectivity index is 1.75. The van der Waals surface area contributed by atoms with Crippen LogP contribution in [0.2, 0.25) is 0 Å². The molecule has 2 aromatic rings. The molecule has 1 atom stereocenters. The van der Waals surface area contributed by atoms with Crippen LogP contribution in [0, 0.1) is 12.8 Å². The first kappa shape index (κ1) is 12.8.